The number of rotatable bonds is 8. The van der Waals surface area contributed by atoms with Crippen LogP contribution in [0.1, 0.15) is 42.0 Å². The van der Waals surface area contributed by atoms with E-state index >= 15 is 0 Å². The van der Waals surface area contributed by atoms with Crippen LogP contribution in [0.2, 0.25) is 0 Å². The molecule has 2 aromatic heterocycles. The predicted octanol–water partition coefficient (Wildman–Crippen LogP) is 3.74. The van der Waals surface area contributed by atoms with Gasteiger partial charge in [0.25, 0.3) is 5.91 Å². The number of ether oxygens (including phenoxy) is 1. The molecule has 8 nitrogen and oxygen atoms in total. The van der Waals surface area contributed by atoms with Crippen molar-refractivity contribution in [2.75, 3.05) is 11.9 Å². The molecule has 3 N–H and O–H groups in total. The van der Waals surface area contributed by atoms with Gasteiger partial charge in [-0.1, -0.05) is 0 Å². The summed E-state index contributed by atoms with van der Waals surface area (Å²) in [4.78, 5) is 17.1. The van der Waals surface area contributed by atoms with Crippen LogP contribution in [0.15, 0.2) is 42.6 Å². The van der Waals surface area contributed by atoms with E-state index in [2.05, 4.69) is 25.8 Å². The van der Waals surface area contributed by atoms with E-state index < -0.39 is 0 Å². The molecule has 29 heavy (non-hydrogen) atoms. The number of carbonyl (C=O) groups is 1. The van der Waals surface area contributed by atoms with Crippen molar-refractivity contribution in [1.82, 2.24) is 25.1 Å². The lowest BCUT2D eigenvalue weighted by molar-refractivity contribution is 0.0950. The van der Waals surface area contributed by atoms with Crippen LogP contribution in [0.3, 0.4) is 0 Å². The number of aromatic nitrogens is 4. The minimum absolute atomic E-state index is 0.234. The molecule has 1 aromatic carbocycles. The van der Waals surface area contributed by atoms with Gasteiger partial charge >= 0.3 is 0 Å². The average Bonchev–Trinajstić information content (AvgIpc) is 3.50. The highest BCUT2D eigenvalue weighted by atomic mass is 32.1. The van der Waals surface area contributed by atoms with Gasteiger partial charge in [-0.3, -0.25) is 14.5 Å². The molecule has 3 aromatic rings. The number of anilines is 2. The van der Waals surface area contributed by atoms with Gasteiger partial charge < -0.3 is 15.4 Å². The van der Waals surface area contributed by atoms with Crippen molar-refractivity contribution in [2.24, 2.45) is 0 Å². The average molecular weight is 411 g/mol. The molecule has 1 amide bonds. The Morgan fingerprint density at radius 1 is 1.31 bits per heavy atom. The zero-order chi connectivity index (χ0) is 20.2. The predicted molar refractivity (Wildman–Crippen MR) is 112 cm³/mol. The molecule has 0 radical (unpaired) electrons. The normalized spacial score (nSPS) is 13.1. The van der Waals surface area contributed by atoms with Crippen LogP contribution in [0.5, 0.6) is 5.75 Å². The van der Waals surface area contributed by atoms with Crippen molar-refractivity contribution in [3.05, 3.63) is 58.8 Å². The summed E-state index contributed by atoms with van der Waals surface area (Å²) in [6.45, 7) is 2.84. The number of amides is 1. The van der Waals surface area contributed by atoms with Gasteiger partial charge in [-0.15, -0.1) is 0 Å². The second kappa shape index (κ2) is 8.44. The summed E-state index contributed by atoms with van der Waals surface area (Å²) in [7, 11) is 0. The zero-order valence-corrected chi connectivity index (χ0v) is 16.8. The van der Waals surface area contributed by atoms with Crippen LogP contribution in [0, 0.1) is 4.77 Å². The Morgan fingerprint density at radius 3 is 2.83 bits per heavy atom. The van der Waals surface area contributed by atoms with Crippen molar-refractivity contribution in [1.29, 1.82) is 0 Å². The van der Waals surface area contributed by atoms with Crippen molar-refractivity contribution in [2.45, 2.75) is 32.4 Å². The number of pyridine rings is 1. The third kappa shape index (κ3) is 4.45. The number of hydrogen-bond donors (Lipinski definition) is 3. The molecular weight excluding hydrogens is 388 g/mol. The Labute approximate surface area is 173 Å². The maximum Gasteiger partial charge on any atom is 0.255 e. The van der Waals surface area contributed by atoms with Crippen LogP contribution in [0.25, 0.3) is 0 Å². The van der Waals surface area contributed by atoms with Gasteiger partial charge in [0.2, 0.25) is 0 Å². The molecule has 1 aliphatic rings. The quantitative estimate of drug-likeness (QED) is 0.490. The molecule has 0 unspecified atom stereocenters. The highest BCUT2D eigenvalue weighted by molar-refractivity contribution is 7.71. The van der Waals surface area contributed by atoms with Gasteiger partial charge in [-0.05, 0) is 68.4 Å². The first-order valence-corrected chi connectivity index (χ1v) is 9.95. The molecule has 0 spiro atoms. The third-order valence-electron chi connectivity index (χ3n) is 4.58. The fraction of sp³-hybridized carbons (Fsp3) is 0.300. The number of aromatic amines is 1. The van der Waals surface area contributed by atoms with Gasteiger partial charge in [0, 0.05) is 17.9 Å². The van der Waals surface area contributed by atoms with Crippen LogP contribution >= 0.6 is 12.2 Å². The first-order chi connectivity index (χ1) is 14.2. The fourth-order valence-corrected chi connectivity index (χ4v) is 3.35. The second-order valence-electron chi connectivity index (χ2n) is 6.71. The number of hydrogen-bond acceptors (Lipinski definition) is 6. The summed E-state index contributed by atoms with van der Waals surface area (Å²) in [5, 5.41) is 13.2. The Morgan fingerprint density at radius 2 is 2.10 bits per heavy atom. The summed E-state index contributed by atoms with van der Waals surface area (Å²) in [6.07, 6.45) is 3.83. The second-order valence-corrected chi connectivity index (χ2v) is 7.10. The smallest absolute Gasteiger partial charge is 0.255 e. The summed E-state index contributed by atoms with van der Waals surface area (Å²) >= 11 is 5.28. The van der Waals surface area contributed by atoms with E-state index in [4.69, 9.17) is 17.0 Å². The first-order valence-electron chi connectivity index (χ1n) is 9.54. The zero-order valence-electron chi connectivity index (χ0n) is 16.0. The van der Waals surface area contributed by atoms with Crippen LogP contribution in [0.4, 0.5) is 11.5 Å². The van der Waals surface area contributed by atoms with E-state index in [-0.39, 0.29) is 5.91 Å². The maximum absolute atomic E-state index is 12.8. The standard InChI is InChI=1S/C20H22N6O2S/c1-2-28-15-9-5-13(6-10-15)23-18-16(4-3-11-21-18)19(27)22-12-17-24-25-20(29)26(17)14-7-8-14/h3-6,9-11,14H,2,7-8,12H2,1H3,(H,21,23)(H,22,27)(H,25,29). The topological polar surface area (TPSA) is 96.9 Å². The lowest BCUT2D eigenvalue weighted by atomic mass is 10.2. The third-order valence-corrected chi connectivity index (χ3v) is 4.86. The van der Waals surface area contributed by atoms with Gasteiger partial charge in [-0.2, -0.15) is 5.10 Å². The molecule has 4 rings (SSSR count). The van der Waals surface area contributed by atoms with E-state index in [0.29, 0.717) is 35.3 Å². The fourth-order valence-electron chi connectivity index (χ4n) is 3.05. The molecule has 0 saturated heterocycles. The van der Waals surface area contributed by atoms with Gasteiger partial charge in [0.15, 0.2) is 10.6 Å². The van der Waals surface area contributed by atoms with Gasteiger partial charge in [-0.25, -0.2) is 4.98 Å². The Bertz CT molecular complexity index is 1060. The molecule has 0 atom stereocenters. The van der Waals surface area contributed by atoms with Crippen LogP contribution < -0.4 is 15.4 Å². The Balaban J connectivity index is 1.46. The molecule has 1 aliphatic carbocycles. The number of nitrogens with one attached hydrogen (secondary N) is 3. The molecule has 9 heteroatoms. The Hall–Kier alpha value is -3.20. The van der Waals surface area contributed by atoms with Crippen molar-refractivity contribution in [3.63, 3.8) is 0 Å². The maximum atomic E-state index is 12.8. The first kappa shape index (κ1) is 19.1. The van der Waals surface area contributed by atoms with E-state index in [9.17, 15) is 4.79 Å². The van der Waals surface area contributed by atoms with E-state index in [1.54, 1.807) is 18.3 Å². The SMILES string of the molecule is CCOc1ccc(Nc2ncccc2C(=O)NCc2n[nH]c(=S)n2C2CC2)cc1. The largest absolute Gasteiger partial charge is 0.494 e. The summed E-state index contributed by atoms with van der Waals surface area (Å²) < 4.78 is 8.03. The molecule has 150 valence electrons. The van der Waals surface area contributed by atoms with Crippen molar-refractivity contribution in [3.8, 4) is 5.75 Å². The number of H-pyrrole nitrogens is 1. The lowest BCUT2D eigenvalue weighted by Crippen LogP contribution is -2.25. The van der Waals surface area contributed by atoms with Crippen molar-refractivity contribution < 1.29 is 9.53 Å². The highest BCUT2D eigenvalue weighted by Crippen LogP contribution is 2.35. The minimum Gasteiger partial charge on any atom is -0.494 e. The summed E-state index contributed by atoms with van der Waals surface area (Å²) in [6, 6.07) is 11.4. The van der Waals surface area contributed by atoms with Gasteiger partial charge in [0.1, 0.15) is 11.6 Å². The highest BCUT2D eigenvalue weighted by Gasteiger charge is 2.27. The number of carbonyl (C=O) groups excluding carboxylic acids is 1. The van der Waals surface area contributed by atoms with Crippen molar-refractivity contribution >= 4 is 29.6 Å². The van der Waals surface area contributed by atoms with E-state index in [0.717, 1.165) is 30.1 Å². The molecular formula is C20H22N6O2S. The summed E-state index contributed by atoms with van der Waals surface area (Å²) in [5.74, 6) is 1.77. The lowest BCUT2D eigenvalue weighted by Gasteiger charge is -2.12. The molecule has 1 saturated carbocycles. The monoisotopic (exact) mass is 410 g/mol. The Kier molecular flexibility index (Phi) is 5.57. The van der Waals surface area contributed by atoms with E-state index in [1.807, 2.05) is 35.8 Å². The molecule has 2 heterocycles. The van der Waals surface area contributed by atoms with Crippen LogP contribution in [-0.2, 0) is 6.54 Å². The van der Waals surface area contributed by atoms with Crippen LogP contribution in [-0.4, -0.2) is 32.3 Å². The number of nitrogens with zero attached hydrogens (tertiary/aromatic N) is 3. The molecule has 0 aliphatic heterocycles. The number of benzene rings is 1. The minimum atomic E-state index is -0.234. The van der Waals surface area contributed by atoms with E-state index in [1.165, 1.54) is 0 Å². The summed E-state index contributed by atoms with van der Waals surface area (Å²) in [5.41, 5.74) is 1.27. The molecule has 1 fully saturated rings. The van der Waals surface area contributed by atoms with Gasteiger partial charge in [0.05, 0.1) is 18.7 Å². The molecule has 0 bridgehead atoms.